The molecule has 0 heterocycles. The lowest BCUT2D eigenvalue weighted by Crippen LogP contribution is -2.29. The maximum absolute atomic E-state index is 10.6. The van der Waals surface area contributed by atoms with Crippen LogP contribution in [-0.4, -0.2) is 10.2 Å². The maximum Gasteiger partial charge on any atom is 0.141 e. The van der Waals surface area contributed by atoms with Gasteiger partial charge in [-0.15, -0.1) is 25.7 Å². The van der Waals surface area contributed by atoms with Gasteiger partial charge < -0.3 is 21.7 Å². The molecule has 0 spiro atoms. The molecule has 186 valence electrons. The van der Waals surface area contributed by atoms with Gasteiger partial charge in [0.05, 0.1) is 16.8 Å². The summed E-state index contributed by atoms with van der Waals surface area (Å²) in [4.78, 5) is 0. The molecule has 0 unspecified atom stereocenters. The highest BCUT2D eigenvalue weighted by molar-refractivity contribution is 5.95. The summed E-state index contributed by atoms with van der Waals surface area (Å²) in [5.41, 5.74) is 19.7. The van der Waals surface area contributed by atoms with Crippen LogP contribution in [0.25, 0.3) is 11.1 Å². The normalized spacial score (nSPS) is 12.4. The van der Waals surface area contributed by atoms with Gasteiger partial charge in [-0.3, -0.25) is 0 Å². The van der Waals surface area contributed by atoms with Crippen molar-refractivity contribution in [2.24, 2.45) is 0 Å². The molecule has 6 N–H and O–H groups in total. The number of nitrogen functional groups attached to an aromatic ring is 2. The number of anilines is 2. The van der Waals surface area contributed by atoms with E-state index in [2.05, 4.69) is 23.7 Å². The van der Waals surface area contributed by atoms with Crippen LogP contribution in [0.4, 0.5) is 11.4 Å². The number of rotatable bonds is 2. The number of hydrogen-bond acceptors (Lipinski definition) is 4. The number of phenolic OH excluding ortho intramolecular Hbond substituents is 2. The van der Waals surface area contributed by atoms with Gasteiger partial charge in [0.1, 0.15) is 11.5 Å². The molecule has 4 heteroatoms. The van der Waals surface area contributed by atoms with Crippen LogP contribution < -0.4 is 11.5 Å². The van der Waals surface area contributed by atoms with E-state index in [0.29, 0.717) is 44.5 Å². The van der Waals surface area contributed by atoms with Crippen LogP contribution in [0.3, 0.4) is 0 Å². The van der Waals surface area contributed by atoms with Crippen molar-refractivity contribution < 1.29 is 10.2 Å². The first-order valence-corrected chi connectivity index (χ1v) is 12.1. The molecule has 0 saturated carbocycles. The Bertz CT molecular complexity index is 1730. The molecule has 4 nitrogen and oxygen atoms in total. The topological polar surface area (TPSA) is 92.5 Å². The number of benzene rings is 4. The second-order valence-electron chi connectivity index (χ2n) is 9.61. The molecule has 0 bridgehead atoms. The molecule has 39 heavy (non-hydrogen) atoms. The fraction of sp³-hybridized carbons (Fsp3) is 0.0857. The number of fused-ring (bicyclic) bond motifs is 3. The van der Waals surface area contributed by atoms with Crippen molar-refractivity contribution in [2.45, 2.75) is 19.3 Å². The van der Waals surface area contributed by atoms with Gasteiger partial charge in [-0.1, -0.05) is 47.9 Å². The molecule has 0 saturated heterocycles. The number of nitrogens with two attached hydrogens (primary N) is 2. The van der Waals surface area contributed by atoms with E-state index in [4.69, 9.17) is 37.2 Å². The zero-order valence-corrected chi connectivity index (χ0v) is 21.5. The Morgan fingerprint density at radius 2 is 1.00 bits per heavy atom. The van der Waals surface area contributed by atoms with E-state index in [-0.39, 0.29) is 22.9 Å². The van der Waals surface area contributed by atoms with Crippen molar-refractivity contribution in [3.8, 4) is 72.0 Å². The molecule has 5 rings (SSSR count). The van der Waals surface area contributed by atoms with E-state index in [0.717, 1.165) is 22.3 Å². The molecule has 0 amide bonds. The van der Waals surface area contributed by atoms with Crippen molar-refractivity contribution in [2.75, 3.05) is 11.5 Å². The summed E-state index contributed by atoms with van der Waals surface area (Å²) < 4.78 is 0. The average Bonchev–Trinajstić information content (AvgIpc) is 3.24. The monoisotopic (exact) mass is 504 g/mol. The first-order chi connectivity index (χ1) is 18.6. The summed E-state index contributed by atoms with van der Waals surface area (Å²) in [6.45, 7) is 3.55. The highest BCUT2D eigenvalue weighted by Crippen LogP contribution is 2.59. The smallest absolute Gasteiger partial charge is 0.141 e. The summed E-state index contributed by atoms with van der Waals surface area (Å²) in [6.07, 6.45) is 23.9. The van der Waals surface area contributed by atoms with E-state index < -0.39 is 5.41 Å². The predicted molar refractivity (Wildman–Crippen MR) is 157 cm³/mol. The Kier molecular flexibility index (Phi) is 5.58. The second-order valence-corrected chi connectivity index (χ2v) is 9.61. The van der Waals surface area contributed by atoms with Crippen molar-refractivity contribution in [3.63, 3.8) is 0 Å². The van der Waals surface area contributed by atoms with Crippen LogP contribution in [-0.2, 0) is 5.41 Å². The van der Waals surface area contributed by atoms with Crippen molar-refractivity contribution in [1.82, 2.24) is 0 Å². The van der Waals surface area contributed by atoms with Crippen molar-refractivity contribution in [1.29, 1.82) is 0 Å². The van der Waals surface area contributed by atoms with Crippen molar-refractivity contribution in [3.05, 3.63) is 104 Å². The lowest BCUT2D eigenvalue weighted by atomic mass is 9.66. The van der Waals surface area contributed by atoms with Crippen LogP contribution in [0, 0.1) is 63.2 Å². The highest BCUT2D eigenvalue weighted by atomic mass is 16.3. The van der Waals surface area contributed by atoms with E-state index >= 15 is 0 Å². The van der Waals surface area contributed by atoms with Gasteiger partial charge in [-0.2, -0.15) is 0 Å². The number of aryl methyl sites for hydroxylation is 2. The van der Waals surface area contributed by atoms with Gasteiger partial charge in [0.25, 0.3) is 0 Å². The van der Waals surface area contributed by atoms with Crippen LogP contribution >= 0.6 is 0 Å². The van der Waals surface area contributed by atoms with Gasteiger partial charge in [0.15, 0.2) is 0 Å². The summed E-state index contributed by atoms with van der Waals surface area (Å²) in [5, 5.41) is 21.1. The minimum Gasteiger partial charge on any atom is -0.506 e. The summed E-state index contributed by atoms with van der Waals surface area (Å²) in [6, 6.07) is 14.7. The summed E-state index contributed by atoms with van der Waals surface area (Å²) in [5.74, 6) is 10.9. The number of hydrogen-bond donors (Lipinski definition) is 4. The van der Waals surface area contributed by atoms with E-state index in [1.165, 1.54) is 0 Å². The summed E-state index contributed by atoms with van der Waals surface area (Å²) in [7, 11) is 0. The lowest BCUT2D eigenvalue weighted by molar-refractivity contribution is 0.473. The molecule has 0 aliphatic heterocycles. The second kappa shape index (κ2) is 8.71. The number of aromatic hydroxyl groups is 2. The SMILES string of the molecule is C#Cc1ccc2c(c1C#C)-c1c(ccc(C#C)c1C#C)C2(c1cc(C)c(O)c(N)c1)c1cc(C)c(O)c(N)c1. The Morgan fingerprint density at radius 3 is 1.31 bits per heavy atom. The molecule has 4 aromatic rings. The van der Waals surface area contributed by atoms with Crippen LogP contribution in [0.15, 0.2) is 48.5 Å². The Balaban J connectivity index is 2.14. The third kappa shape index (κ3) is 3.20. The molecular weight excluding hydrogens is 480 g/mol. The minimum atomic E-state index is -1.05. The molecular formula is C35H24N2O2. The first-order valence-electron chi connectivity index (χ1n) is 12.1. The van der Waals surface area contributed by atoms with Gasteiger partial charge in [0, 0.05) is 33.4 Å². The zero-order valence-electron chi connectivity index (χ0n) is 21.5. The molecule has 1 aliphatic rings. The first kappa shape index (κ1) is 25.0. The molecule has 0 radical (unpaired) electrons. The van der Waals surface area contributed by atoms with Gasteiger partial charge in [-0.05, 0) is 71.5 Å². The van der Waals surface area contributed by atoms with E-state index in [1.54, 1.807) is 38.1 Å². The van der Waals surface area contributed by atoms with E-state index in [9.17, 15) is 10.2 Å². The van der Waals surface area contributed by atoms with E-state index in [1.807, 2.05) is 24.3 Å². The van der Waals surface area contributed by atoms with Gasteiger partial charge >= 0.3 is 0 Å². The summed E-state index contributed by atoms with van der Waals surface area (Å²) >= 11 is 0. The van der Waals surface area contributed by atoms with Gasteiger partial charge in [0.2, 0.25) is 0 Å². The zero-order chi connectivity index (χ0) is 28.2. The predicted octanol–water partition coefficient (Wildman–Crippen LogP) is 5.17. The number of terminal acetylenes is 4. The number of phenols is 2. The fourth-order valence-corrected chi connectivity index (χ4v) is 5.87. The van der Waals surface area contributed by atoms with Gasteiger partial charge in [-0.25, -0.2) is 0 Å². The Hall–Kier alpha value is -5.68. The van der Waals surface area contributed by atoms with Crippen molar-refractivity contribution >= 4 is 11.4 Å². The molecule has 1 aliphatic carbocycles. The Labute approximate surface area is 228 Å². The lowest BCUT2D eigenvalue weighted by Gasteiger charge is -2.35. The average molecular weight is 505 g/mol. The molecule has 0 atom stereocenters. The molecule has 0 fully saturated rings. The quantitative estimate of drug-likeness (QED) is 0.152. The highest BCUT2D eigenvalue weighted by Gasteiger charge is 2.49. The third-order valence-electron chi connectivity index (χ3n) is 7.59. The standard InChI is InChI=1S/C35H24N2O2/c1-7-21-11-13-27-31(25(21)9-3)32-26(10-4)22(8-2)12-14-28(32)35(27,23-15-19(5)33(38)29(36)17-23)24-16-20(6)34(39)30(37)18-24/h1-4,11-18,38-39H,36-37H2,5-6H3. The maximum atomic E-state index is 10.6. The third-order valence-corrected chi connectivity index (χ3v) is 7.59. The van der Waals surface area contributed by atoms with Crippen LogP contribution in [0.5, 0.6) is 11.5 Å². The molecule has 4 aromatic carbocycles. The van der Waals surface area contributed by atoms with Crippen LogP contribution in [0.2, 0.25) is 0 Å². The largest absolute Gasteiger partial charge is 0.506 e. The molecule has 0 aromatic heterocycles. The Morgan fingerprint density at radius 1 is 0.615 bits per heavy atom. The fourth-order valence-electron chi connectivity index (χ4n) is 5.87. The minimum absolute atomic E-state index is 0.00673. The van der Waals surface area contributed by atoms with Crippen LogP contribution in [0.1, 0.15) is 55.6 Å².